The topological polar surface area (TPSA) is 63.6 Å². The lowest BCUT2D eigenvalue weighted by Gasteiger charge is -2.09. The van der Waals surface area contributed by atoms with Gasteiger partial charge in [-0.1, -0.05) is 23.4 Å². The summed E-state index contributed by atoms with van der Waals surface area (Å²) in [5.41, 5.74) is 2.10. The number of carbonyl (C=O) groups is 1. The first kappa shape index (κ1) is 14.2. The molecule has 0 aliphatic carbocycles. The Balaban J connectivity index is 1.56. The Morgan fingerprint density at radius 2 is 2.27 bits per heavy atom. The summed E-state index contributed by atoms with van der Waals surface area (Å²) in [6.07, 6.45) is 2.99. The molecule has 1 unspecified atom stereocenters. The van der Waals surface area contributed by atoms with Gasteiger partial charge in [0.25, 0.3) is 5.91 Å². The van der Waals surface area contributed by atoms with E-state index in [0.717, 1.165) is 5.56 Å². The number of amides is 1. The maximum absolute atomic E-state index is 13.2. The summed E-state index contributed by atoms with van der Waals surface area (Å²) in [7, 11) is 0. The fourth-order valence-corrected chi connectivity index (χ4v) is 2.16. The van der Waals surface area contributed by atoms with Gasteiger partial charge >= 0.3 is 0 Å². The summed E-state index contributed by atoms with van der Waals surface area (Å²) in [4.78, 5) is 21.2. The lowest BCUT2D eigenvalue weighted by atomic mass is 10.0. The van der Waals surface area contributed by atoms with Crippen molar-refractivity contribution in [3.63, 3.8) is 0 Å². The third kappa shape index (κ3) is 3.28. The minimum absolute atomic E-state index is 0.251. The normalized spacial score (nSPS) is 16.8. The summed E-state index contributed by atoms with van der Waals surface area (Å²) >= 11 is 0. The Morgan fingerprint density at radius 1 is 1.36 bits per heavy atom. The van der Waals surface area contributed by atoms with Crippen LogP contribution in [0.25, 0.3) is 0 Å². The molecule has 3 rings (SSSR count). The third-order valence-corrected chi connectivity index (χ3v) is 3.31. The molecule has 2 heterocycles. The van der Waals surface area contributed by atoms with Crippen LogP contribution in [0.15, 0.2) is 53.9 Å². The summed E-state index contributed by atoms with van der Waals surface area (Å²) in [5, 5.41) is 6.65. The molecule has 1 aromatic heterocycles. The van der Waals surface area contributed by atoms with E-state index in [4.69, 9.17) is 4.84 Å². The van der Waals surface area contributed by atoms with E-state index in [0.29, 0.717) is 24.2 Å². The van der Waals surface area contributed by atoms with Gasteiger partial charge < -0.3 is 10.2 Å². The summed E-state index contributed by atoms with van der Waals surface area (Å²) in [6, 6.07) is 9.75. The number of hydrogen-bond acceptors (Lipinski definition) is 4. The molecule has 0 spiro atoms. The van der Waals surface area contributed by atoms with Crippen molar-refractivity contribution in [1.82, 2.24) is 10.3 Å². The third-order valence-electron chi connectivity index (χ3n) is 3.31. The zero-order valence-corrected chi connectivity index (χ0v) is 11.7. The van der Waals surface area contributed by atoms with Gasteiger partial charge in [-0.2, -0.15) is 0 Å². The Hall–Kier alpha value is -2.76. The first-order valence-corrected chi connectivity index (χ1v) is 6.87. The predicted molar refractivity (Wildman–Crippen MR) is 78.5 cm³/mol. The number of halogens is 1. The van der Waals surface area contributed by atoms with Gasteiger partial charge in [-0.3, -0.25) is 9.78 Å². The maximum Gasteiger partial charge on any atom is 0.264 e. The number of aromatic nitrogens is 1. The van der Waals surface area contributed by atoms with Crippen molar-refractivity contribution >= 4 is 11.6 Å². The molecule has 5 nitrogen and oxygen atoms in total. The second-order valence-corrected chi connectivity index (χ2v) is 4.93. The van der Waals surface area contributed by atoms with Gasteiger partial charge in [0.05, 0.1) is 5.71 Å². The molecule has 1 aliphatic heterocycles. The summed E-state index contributed by atoms with van der Waals surface area (Å²) < 4.78 is 13.2. The lowest BCUT2D eigenvalue weighted by Crippen LogP contribution is -2.34. The molecule has 0 saturated carbocycles. The van der Waals surface area contributed by atoms with Crippen LogP contribution in [0, 0.1) is 5.82 Å². The molecule has 112 valence electrons. The number of nitrogens with one attached hydrogen (secondary N) is 1. The number of pyridine rings is 1. The maximum atomic E-state index is 13.2. The average molecular weight is 299 g/mol. The van der Waals surface area contributed by atoms with Crippen molar-refractivity contribution in [2.75, 3.05) is 0 Å². The Morgan fingerprint density at radius 3 is 3.05 bits per heavy atom. The van der Waals surface area contributed by atoms with Crippen LogP contribution in [0.2, 0.25) is 0 Å². The second kappa shape index (κ2) is 6.34. The van der Waals surface area contributed by atoms with Gasteiger partial charge in [0.1, 0.15) is 5.82 Å². The van der Waals surface area contributed by atoms with Gasteiger partial charge in [0.15, 0.2) is 0 Å². The van der Waals surface area contributed by atoms with E-state index in [1.165, 1.54) is 12.1 Å². The van der Waals surface area contributed by atoms with Crippen LogP contribution in [0.5, 0.6) is 0 Å². The van der Waals surface area contributed by atoms with Crippen molar-refractivity contribution in [3.05, 3.63) is 65.7 Å². The Bertz CT molecular complexity index is 704. The van der Waals surface area contributed by atoms with Crippen LogP contribution in [0.1, 0.15) is 17.5 Å². The molecule has 0 radical (unpaired) electrons. The highest BCUT2D eigenvalue weighted by Crippen LogP contribution is 2.17. The fraction of sp³-hybridized carbons (Fsp3) is 0.188. The van der Waals surface area contributed by atoms with Crippen LogP contribution >= 0.6 is 0 Å². The van der Waals surface area contributed by atoms with E-state index in [2.05, 4.69) is 15.5 Å². The summed E-state index contributed by atoms with van der Waals surface area (Å²) in [6.45, 7) is 0.377. The first-order valence-electron chi connectivity index (χ1n) is 6.87. The molecular formula is C16H14FN3O2. The van der Waals surface area contributed by atoms with Crippen LogP contribution in [0.3, 0.4) is 0 Å². The van der Waals surface area contributed by atoms with Crippen LogP contribution in [-0.4, -0.2) is 22.7 Å². The highest BCUT2D eigenvalue weighted by Gasteiger charge is 2.28. The highest BCUT2D eigenvalue weighted by molar-refractivity contribution is 6.04. The highest BCUT2D eigenvalue weighted by atomic mass is 19.1. The number of rotatable bonds is 4. The van der Waals surface area contributed by atoms with Gasteiger partial charge in [-0.05, 0) is 23.8 Å². The molecule has 6 heteroatoms. The number of hydrogen-bond donors (Lipinski definition) is 1. The molecule has 22 heavy (non-hydrogen) atoms. The van der Waals surface area contributed by atoms with Crippen molar-refractivity contribution in [1.29, 1.82) is 0 Å². The average Bonchev–Trinajstić information content (AvgIpc) is 3.04. The van der Waals surface area contributed by atoms with E-state index < -0.39 is 6.10 Å². The number of oxime groups is 1. The van der Waals surface area contributed by atoms with E-state index in [-0.39, 0.29) is 11.7 Å². The largest absolute Gasteiger partial charge is 0.382 e. The van der Waals surface area contributed by atoms with Crippen molar-refractivity contribution in [2.45, 2.75) is 19.1 Å². The fourth-order valence-electron chi connectivity index (χ4n) is 2.16. The molecule has 1 N–H and O–H groups in total. The predicted octanol–water partition coefficient (Wildman–Crippen LogP) is 2.03. The molecule has 1 aromatic carbocycles. The minimum Gasteiger partial charge on any atom is -0.382 e. The number of benzene rings is 1. The standard InChI is InChI=1S/C16H14FN3O2/c17-13-5-1-4-12(7-13)14-8-15(22-20-14)16(21)19-10-11-3-2-6-18-9-11/h1-7,9,15H,8,10H2,(H,19,21). The van der Waals surface area contributed by atoms with E-state index in [9.17, 15) is 9.18 Å². The van der Waals surface area contributed by atoms with Crippen molar-refractivity contribution < 1.29 is 14.0 Å². The molecule has 0 fully saturated rings. The van der Waals surface area contributed by atoms with E-state index in [1.54, 1.807) is 30.6 Å². The van der Waals surface area contributed by atoms with E-state index >= 15 is 0 Å². The first-order chi connectivity index (χ1) is 10.7. The molecule has 1 amide bonds. The van der Waals surface area contributed by atoms with Gasteiger partial charge in [0, 0.05) is 30.9 Å². The summed E-state index contributed by atoms with van der Waals surface area (Å²) in [5.74, 6) is -0.594. The van der Waals surface area contributed by atoms with Crippen molar-refractivity contribution in [3.8, 4) is 0 Å². The Labute approximate surface area is 126 Å². The zero-order valence-electron chi connectivity index (χ0n) is 11.7. The molecule has 2 aromatic rings. The molecule has 0 saturated heterocycles. The smallest absolute Gasteiger partial charge is 0.264 e. The van der Waals surface area contributed by atoms with Crippen molar-refractivity contribution in [2.24, 2.45) is 5.16 Å². The van der Waals surface area contributed by atoms with E-state index in [1.807, 2.05) is 6.07 Å². The van der Waals surface area contributed by atoms with Crippen LogP contribution < -0.4 is 5.32 Å². The monoisotopic (exact) mass is 299 g/mol. The quantitative estimate of drug-likeness (QED) is 0.939. The molecule has 1 atom stereocenters. The second-order valence-electron chi connectivity index (χ2n) is 4.93. The molecule has 0 bridgehead atoms. The molecular weight excluding hydrogens is 285 g/mol. The number of nitrogens with zero attached hydrogens (tertiary/aromatic N) is 2. The van der Waals surface area contributed by atoms with Gasteiger partial charge in [-0.15, -0.1) is 0 Å². The van der Waals surface area contributed by atoms with Crippen LogP contribution in [-0.2, 0) is 16.2 Å². The SMILES string of the molecule is O=C(NCc1cccnc1)C1CC(c2cccc(F)c2)=NO1. The van der Waals surface area contributed by atoms with Gasteiger partial charge in [-0.25, -0.2) is 4.39 Å². The Kier molecular flexibility index (Phi) is 4.09. The van der Waals surface area contributed by atoms with Gasteiger partial charge in [0.2, 0.25) is 6.10 Å². The van der Waals surface area contributed by atoms with Crippen LogP contribution in [0.4, 0.5) is 4.39 Å². The number of carbonyl (C=O) groups excluding carboxylic acids is 1. The minimum atomic E-state index is -0.685. The zero-order chi connectivity index (χ0) is 15.4. The lowest BCUT2D eigenvalue weighted by molar-refractivity contribution is -0.131. The molecule has 1 aliphatic rings.